The van der Waals surface area contributed by atoms with Crippen LogP contribution in [0.1, 0.15) is 40.5 Å². The minimum absolute atomic E-state index is 0.150. The molecule has 0 aromatic heterocycles. The van der Waals surface area contributed by atoms with Crippen LogP contribution in [0, 0.1) is 10.8 Å². The Bertz CT molecular complexity index is 449. The first-order chi connectivity index (χ1) is 9.12. The molecule has 1 aliphatic rings. The van der Waals surface area contributed by atoms with E-state index in [0.717, 1.165) is 6.08 Å². The molecule has 1 saturated carbocycles. The van der Waals surface area contributed by atoms with E-state index in [1.165, 1.54) is 20.1 Å². The Morgan fingerprint density at radius 2 is 1.70 bits per heavy atom. The highest BCUT2D eigenvalue weighted by Gasteiger charge is 2.54. The molecule has 1 rings (SSSR count). The van der Waals surface area contributed by atoms with Crippen LogP contribution in [-0.2, 0) is 23.9 Å². The topological polar surface area (TPSA) is 69.7 Å². The fraction of sp³-hybridized carbons (Fsp3) is 0.667. The third-order valence-electron chi connectivity index (χ3n) is 4.32. The van der Waals surface area contributed by atoms with Gasteiger partial charge in [-0.05, 0) is 24.3 Å². The molecule has 2 atom stereocenters. The van der Waals surface area contributed by atoms with E-state index in [9.17, 15) is 14.4 Å². The summed E-state index contributed by atoms with van der Waals surface area (Å²) in [4.78, 5) is 34.5. The quantitative estimate of drug-likeness (QED) is 0.583. The number of carbonyl (C=O) groups is 3. The second-order valence-corrected chi connectivity index (χ2v) is 6.08. The average molecular weight is 282 g/mol. The van der Waals surface area contributed by atoms with Gasteiger partial charge >= 0.3 is 11.9 Å². The van der Waals surface area contributed by atoms with E-state index in [-0.39, 0.29) is 23.3 Å². The maximum atomic E-state index is 12.4. The van der Waals surface area contributed by atoms with Crippen LogP contribution < -0.4 is 0 Å². The Morgan fingerprint density at radius 3 is 2.20 bits per heavy atom. The minimum atomic E-state index is -0.669. The van der Waals surface area contributed by atoms with Crippen molar-refractivity contribution in [1.82, 2.24) is 0 Å². The van der Waals surface area contributed by atoms with Crippen molar-refractivity contribution in [2.45, 2.75) is 46.6 Å². The van der Waals surface area contributed by atoms with Crippen LogP contribution in [-0.4, -0.2) is 30.9 Å². The van der Waals surface area contributed by atoms with E-state index in [0.29, 0.717) is 12.8 Å². The van der Waals surface area contributed by atoms with E-state index in [2.05, 4.69) is 4.74 Å². The number of allylic oxidation sites excluding steroid dienone is 1. The Balaban J connectivity index is 2.90. The van der Waals surface area contributed by atoms with Crippen LogP contribution in [0.25, 0.3) is 0 Å². The summed E-state index contributed by atoms with van der Waals surface area (Å²) in [6, 6.07) is 0. The van der Waals surface area contributed by atoms with Gasteiger partial charge in [-0.1, -0.05) is 20.8 Å². The third kappa shape index (κ3) is 3.26. The molecule has 5 heteroatoms. The molecule has 0 saturated heterocycles. The summed E-state index contributed by atoms with van der Waals surface area (Å²) >= 11 is 0. The largest absolute Gasteiger partial charge is 0.466 e. The molecule has 0 N–H and O–H groups in total. The fourth-order valence-electron chi connectivity index (χ4n) is 2.75. The van der Waals surface area contributed by atoms with Gasteiger partial charge in [0.05, 0.1) is 7.11 Å². The number of hydrogen-bond acceptors (Lipinski definition) is 5. The van der Waals surface area contributed by atoms with Gasteiger partial charge in [0.15, 0.2) is 5.78 Å². The molecule has 0 bridgehead atoms. The van der Waals surface area contributed by atoms with Gasteiger partial charge in [0.25, 0.3) is 0 Å². The molecule has 0 heterocycles. The standard InChI is InChI=1S/C15H22O5/c1-10(16)20-11-8-14(2,3)15(4,9-11)12(17)6-7-13(18)19-5/h6-7,11H,8-9H2,1-5H3/b7-6+/t11-,15-/m0/s1. The van der Waals surface area contributed by atoms with Crippen molar-refractivity contribution < 1.29 is 23.9 Å². The van der Waals surface area contributed by atoms with Crippen LogP contribution in [0.5, 0.6) is 0 Å². The molecule has 1 aliphatic carbocycles. The zero-order valence-electron chi connectivity index (χ0n) is 12.7. The zero-order valence-corrected chi connectivity index (χ0v) is 12.7. The molecule has 0 aromatic rings. The van der Waals surface area contributed by atoms with Crippen molar-refractivity contribution >= 4 is 17.7 Å². The van der Waals surface area contributed by atoms with Crippen molar-refractivity contribution in [2.75, 3.05) is 7.11 Å². The number of ether oxygens (including phenoxy) is 2. The van der Waals surface area contributed by atoms with Crippen LogP contribution in [0.15, 0.2) is 12.2 Å². The lowest BCUT2D eigenvalue weighted by Gasteiger charge is -2.35. The van der Waals surface area contributed by atoms with Gasteiger partial charge in [0.2, 0.25) is 0 Å². The molecule has 112 valence electrons. The molecular formula is C15H22O5. The maximum Gasteiger partial charge on any atom is 0.330 e. The fourth-order valence-corrected chi connectivity index (χ4v) is 2.75. The lowest BCUT2D eigenvalue weighted by molar-refractivity contribution is -0.146. The van der Waals surface area contributed by atoms with Gasteiger partial charge in [-0.25, -0.2) is 4.79 Å². The summed E-state index contributed by atoms with van der Waals surface area (Å²) in [5.41, 5.74) is -0.984. The summed E-state index contributed by atoms with van der Waals surface area (Å²) in [5, 5.41) is 0. The molecule has 0 aliphatic heterocycles. The van der Waals surface area contributed by atoms with Gasteiger partial charge < -0.3 is 9.47 Å². The first-order valence-electron chi connectivity index (χ1n) is 6.60. The highest BCUT2D eigenvalue weighted by molar-refractivity contribution is 5.99. The van der Waals surface area contributed by atoms with Crippen LogP contribution >= 0.6 is 0 Å². The van der Waals surface area contributed by atoms with Crippen molar-refractivity contribution in [3.63, 3.8) is 0 Å². The SMILES string of the molecule is COC(=O)/C=C/C(=O)[C@]1(C)C[C@@H](OC(C)=O)CC1(C)C. The lowest BCUT2D eigenvalue weighted by atomic mass is 9.67. The third-order valence-corrected chi connectivity index (χ3v) is 4.32. The molecule has 20 heavy (non-hydrogen) atoms. The normalized spacial score (nSPS) is 28.4. The molecule has 5 nitrogen and oxygen atoms in total. The average Bonchev–Trinajstić information content (AvgIpc) is 2.55. The number of ketones is 1. The first-order valence-corrected chi connectivity index (χ1v) is 6.60. The van der Waals surface area contributed by atoms with Gasteiger partial charge in [-0.3, -0.25) is 9.59 Å². The number of hydrogen-bond donors (Lipinski definition) is 0. The van der Waals surface area contributed by atoms with Crippen LogP contribution in [0.4, 0.5) is 0 Å². The molecule has 0 aromatic carbocycles. The summed E-state index contributed by atoms with van der Waals surface area (Å²) in [5.74, 6) is -1.05. The molecule has 0 radical (unpaired) electrons. The number of rotatable bonds is 4. The summed E-state index contributed by atoms with van der Waals surface area (Å²) in [7, 11) is 1.26. The van der Waals surface area contributed by atoms with Crippen molar-refractivity contribution in [3.05, 3.63) is 12.2 Å². The van der Waals surface area contributed by atoms with Gasteiger partial charge in [0, 0.05) is 18.4 Å². The second kappa shape index (κ2) is 5.77. The van der Waals surface area contributed by atoms with Crippen LogP contribution in [0.3, 0.4) is 0 Å². The van der Waals surface area contributed by atoms with E-state index in [4.69, 9.17) is 4.74 Å². The van der Waals surface area contributed by atoms with Crippen molar-refractivity contribution in [1.29, 1.82) is 0 Å². The molecule has 0 amide bonds. The number of carbonyl (C=O) groups excluding carboxylic acids is 3. The zero-order chi connectivity index (χ0) is 15.6. The Hall–Kier alpha value is -1.65. The lowest BCUT2D eigenvalue weighted by Crippen LogP contribution is -2.36. The monoisotopic (exact) mass is 282 g/mol. The van der Waals surface area contributed by atoms with Crippen molar-refractivity contribution in [3.8, 4) is 0 Å². The number of esters is 2. The predicted molar refractivity (Wildman–Crippen MR) is 72.8 cm³/mol. The summed E-state index contributed by atoms with van der Waals surface area (Å²) in [6.45, 7) is 7.16. The molecule has 1 fully saturated rings. The van der Waals surface area contributed by atoms with E-state index in [1.807, 2.05) is 20.8 Å². The second-order valence-electron chi connectivity index (χ2n) is 6.08. The Labute approximate surface area is 119 Å². The van der Waals surface area contributed by atoms with E-state index >= 15 is 0 Å². The van der Waals surface area contributed by atoms with Gasteiger partial charge in [-0.15, -0.1) is 0 Å². The molecule has 0 unspecified atom stereocenters. The molecule has 0 spiro atoms. The Morgan fingerprint density at radius 1 is 1.10 bits per heavy atom. The maximum absolute atomic E-state index is 12.4. The smallest absolute Gasteiger partial charge is 0.330 e. The number of methoxy groups -OCH3 is 1. The van der Waals surface area contributed by atoms with Gasteiger partial charge in [-0.2, -0.15) is 0 Å². The van der Waals surface area contributed by atoms with E-state index < -0.39 is 11.4 Å². The highest BCUT2D eigenvalue weighted by Crippen LogP contribution is 2.54. The minimum Gasteiger partial charge on any atom is -0.466 e. The summed E-state index contributed by atoms with van der Waals surface area (Å²) in [6.07, 6.45) is 3.21. The molecular weight excluding hydrogens is 260 g/mol. The summed E-state index contributed by atoms with van der Waals surface area (Å²) < 4.78 is 9.71. The first kappa shape index (κ1) is 16.4. The Kier molecular flexibility index (Phi) is 4.73. The predicted octanol–water partition coefficient (Wildman–Crippen LogP) is 2.04. The van der Waals surface area contributed by atoms with E-state index in [1.54, 1.807) is 0 Å². The highest BCUT2D eigenvalue weighted by atomic mass is 16.5. The van der Waals surface area contributed by atoms with Gasteiger partial charge in [0.1, 0.15) is 6.10 Å². The van der Waals surface area contributed by atoms with Crippen molar-refractivity contribution in [2.24, 2.45) is 10.8 Å². The van der Waals surface area contributed by atoms with Crippen LogP contribution in [0.2, 0.25) is 0 Å².